The largest absolute Gasteiger partial charge is 0.378 e. The lowest BCUT2D eigenvalue weighted by Gasteiger charge is -2.17. The fourth-order valence-electron chi connectivity index (χ4n) is 4.69. The maximum atomic E-state index is 12.3. The van der Waals surface area contributed by atoms with Gasteiger partial charge in [0.25, 0.3) is 0 Å². The van der Waals surface area contributed by atoms with Gasteiger partial charge >= 0.3 is 0 Å². The van der Waals surface area contributed by atoms with E-state index in [9.17, 15) is 8.42 Å². The van der Waals surface area contributed by atoms with Crippen molar-refractivity contribution in [3.8, 4) is 17.1 Å². The smallest absolute Gasteiger partial charge is 0.213 e. The number of nitrogens with one attached hydrogen (secondary N) is 2. The summed E-state index contributed by atoms with van der Waals surface area (Å²) in [6.07, 6.45) is 2.46. The van der Waals surface area contributed by atoms with Crippen LogP contribution >= 0.6 is 27.5 Å². The van der Waals surface area contributed by atoms with Gasteiger partial charge in [0.2, 0.25) is 10.0 Å². The molecule has 0 bridgehead atoms. The minimum absolute atomic E-state index is 0.0105. The van der Waals surface area contributed by atoms with Crippen molar-refractivity contribution in [1.82, 2.24) is 23.8 Å². The summed E-state index contributed by atoms with van der Waals surface area (Å²) in [7, 11) is -3.20. The predicted molar refractivity (Wildman–Crippen MR) is 144 cm³/mol. The van der Waals surface area contributed by atoms with Gasteiger partial charge in [-0.2, -0.15) is 4.31 Å². The highest BCUT2D eigenvalue weighted by Crippen LogP contribution is 2.35. The summed E-state index contributed by atoms with van der Waals surface area (Å²) in [5.74, 6) is 0.819. The van der Waals surface area contributed by atoms with Gasteiger partial charge < -0.3 is 14.9 Å². The fraction of sp³-hybridized carbons (Fsp3) is 0.333. The van der Waals surface area contributed by atoms with Crippen molar-refractivity contribution in [2.75, 3.05) is 24.2 Å². The van der Waals surface area contributed by atoms with Gasteiger partial charge in [-0.3, -0.25) is 0 Å². The number of hydrogen-bond donors (Lipinski definition) is 2. The summed E-state index contributed by atoms with van der Waals surface area (Å²) in [6.45, 7) is 6.71. The van der Waals surface area contributed by atoms with Crippen LogP contribution in [0.1, 0.15) is 24.7 Å². The second-order valence-electron chi connectivity index (χ2n) is 8.72. The summed E-state index contributed by atoms with van der Waals surface area (Å²) in [5.41, 5.74) is 6.10. The number of aromatic amines is 1. The normalized spacial score (nSPS) is 16.9. The second-order valence-corrected chi connectivity index (χ2v) is 12.2. The number of halogens is 2. The van der Waals surface area contributed by atoms with Gasteiger partial charge in [-0.25, -0.2) is 18.4 Å². The number of aryl methyl sites for hydroxylation is 1. The lowest BCUT2D eigenvalue weighted by molar-refractivity contribution is 0.476. The second kappa shape index (κ2) is 9.24. The molecule has 184 valence electrons. The highest BCUT2D eigenvalue weighted by Gasteiger charge is 2.31. The molecule has 1 fully saturated rings. The molecule has 35 heavy (non-hydrogen) atoms. The van der Waals surface area contributed by atoms with Gasteiger partial charge in [-0.05, 0) is 61.3 Å². The molecule has 3 aromatic heterocycles. The topological polar surface area (TPSA) is 95.9 Å². The molecule has 2 N–H and O–H groups in total. The first-order chi connectivity index (χ1) is 16.7. The van der Waals surface area contributed by atoms with Crippen LogP contribution in [-0.4, -0.2) is 57.1 Å². The van der Waals surface area contributed by atoms with Crippen molar-refractivity contribution < 1.29 is 8.42 Å². The molecule has 11 heteroatoms. The van der Waals surface area contributed by atoms with E-state index in [0.717, 1.165) is 39.2 Å². The molecule has 1 atom stereocenters. The molecule has 1 aromatic carbocycles. The average molecular weight is 578 g/mol. The van der Waals surface area contributed by atoms with Gasteiger partial charge in [-0.1, -0.05) is 23.7 Å². The van der Waals surface area contributed by atoms with Gasteiger partial charge in [0.15, 0.2) is 5.65 Å². The molecule has 1 saturated heterocycles. The van der Waals surface area contributed by atoms with Crippen LogP contribution in [-0.2, 0) is 10.0 Å². The van der Waals surface area contributed by atoms with E-state index >= 15 is 0 Å². The Morgan fingerprint density at radius 2 is 2.06 bits per heavy atom. The monoisotopic (exact) mass is 576 g/mol. The average Bonchev–Trinajstić information content (AvgIpc) is 3.54. The first kappa shape index (κ1) is 24.3. The number of hydrogen-bond acceptors (Lipinski definition) is 5. The van der Waals surface area contributed by atoms with Crippen LogP contribution in [0.2, 0.25) is 5.02 Å². The zero-order valence-electron chi connectivity index (χ0n) is 19.6. The molecule has 0 radical (unpaired) electrons. The van der Waals surface area contributed by atoms with Crippen LogP contribution in [0.3, 0.4) is 0 Å². The van der Waals surface area contributed by atoms with Crippen LogP contribution in [0.15, 0.2) is 41.0 Å². The zero-order valence-corrected chi connectivity index (χ0v) is 22.8. The van der Waals surface area contributed by atoms with E-state index in [0.29, 0.717) is 35.1 Å². The number of pyridine rings is 1. The Labute approximate surface area is 217 Å². The molecule has 1 aliphatic rings. The van der Waals surface area contributed by atoms with E-state index in [2.05, 4.69) is 41.8 Å². The minimum Gasteiger partial charge on any atom is -0.378 e. The van der Waals surface area contributed by atoms with Crippen LogP contribution in [0.25, 0.3) is 28.2 Å². The van der Waals surface area contributed by atoms with E-state index in [4.69, 9.17) is 16.6 Å². The number of imidazole rings is 1. The van der Waals surface area contributed by atoms with E-state index in [-0.39, 0.29) is 11.8 Å². The summed E-state index contributed by atoms with van der Waals surface area (Å²) in [4.78, 5) is 12.8. The van der Waals surface area contributed by atoms with Gasteiger partial charge in [0.1, 0.15) is 11.3 Å². The Balaban J connectivity index is 1.51. The molecule has 1 unspecified atom stereocenters. The van der Waals surface area contributed by atoms with Gasteiger partial charge in [0, 0.05) is 42.3 Å². The molecule has 1 aliphatic heterocycles. The standard InChI is InChI=1S/C24H26BrClN6O2S/c1-4-35(33,34)31-10-9-16(13-31)28-21-18(25)12-27-24-22(21)29-23(30-24)17-11-14(2)32(15(17)3)20-8-6-5-7-19(20)26/h5-8,11-12,16H,4,9-10,13H2,1-3H3,(H2,27,28,29,30). The number of benzene rings is 1. The molecule has 0 spiro atoms. The van der Waals surface area contributed by atoms with E-state index in [1.54, 1.807) is 17.4 Å². The quantitative estimate of drug-likeness (QED) is 0.325. The van der Waals surface area contributed by atoms with Crippen molar-refractivity contribution >= 4 is 54.4 Å². The maximum Gasteiger partial charge on any atom is 0.213 e. The maximum absolute atomic E-state index is 12.3. The van der Waals surface area contributed by atoms with E-state index in [1.807, 2.05) is 38.1 Å². The number of fused-ring (bicyclic) bond motifs is 1. The van der Waals surface area contributed by atoms with Gasteiger partial charge in [-0.15, -0.1) is 0 Å². The van der Waals surface area contributed by atoms with E-state index < -0.39 is 10.0 Å². The van der Waals surface area contributed by atoms with Crippen molar-refractivity contribution in [3.63, 3.8) is 0 Å². The molecular formula is C24H26BrClN6O2S. The number of para-hydroxylation sites is 1. The molecule has 0 aliphatic carbocycles. The first-order valence-electron chi connectivity index (χ1n) is 11.4. The van der Waals surface area contributed by atoms with Crippen LogP contribution in [0.4, 0.5) is 5.69 Å². The molecule has 4 aromatic rings. The fourth-order valence-corrected chi connectivity index (χ4v) is 6.47. The highest BCUT2D eigenvalue weighted by atomic mass is 79.9. The molecule has 4 heterocycles. The molecule has 8 nitrogen and oxygen atoms in total. The van der Waals surface area contributed by atoms with Crippen molar-refractivity contribution in [2.45, 2.75) is 33.2 Å². The Bertz CT molecular complexity index is 1530. The van der Waals surface area contributed by atoms with Crippen LogP contribution in [0.5, 0.6) is 0 Å². The zero-order chi connectivity index (χ0) is 24.9. The Hall–Kier alpha value is -2.40. The third kappa shape index (κ3) is 4.37. The highest BCUT2D eigenvalue weighted by molar-refractivity contribution is 9.10. The predicted octanol–water partition coefficient (Wildman–Crippen LogP) is 5.28. The number of aromatic nitrogens is 4. The molecular weight excluding hydrogens is 552 g/mol. The minimum atomic E-state index is -3.20. The third-order valence-electron chi connectivity index (χ3n) is 6.50. The molecule has 0 amide bonds. The van der Waals surface area contributed by atoms with Crippen LogP contribution < -0.4 is 5.32 Å². The van der Waals surface area contributed by atoms with Crippen molar-refractivity contribution in [3.05, 3.63) is 57.4 Å². The Kier molecular flexibility index (Phi) is 6.41. The lowest BCUT2D eigenvalue weighted by atomic mass is 10.2. The number of sulfonamides is 1. The van der Waals surface area contributed by atoms with Crippen molar-refractivity contribution in [2.24, 2.45) is 0 Å². The summed E-state index contributed by atoms with van der Waals surface area (Å²) in [6, 6.07) is 9.84. The summed E-state index contributed by atoms with van der Waals surface area (Å²) in [5, 5.41) is 4.19. The first-order valence-corrected chi connectivity index (χ1v) is 14.2. The third-order valence-corrected chi connectivity index (χ3v) is 9.27. The number of H-pyrrole nitrogens is 1. The van der Waals surface area contributed by atoms with Crippen molar-refractivity contribution in [1.29, 1.82) is 0 Å². The Morgan fingerprint density at radius 1 is 1.29 bits per heavy atom. The molecule has 5 rings (SSSR count). The molecule has 0 saturated carbocycles. The number of nitrogens with zero attached hydrogens (tertiary/aromatic N) is 4. The SMILES string of the molecule is CCS(=O)(=O)N1CCC(Nc2c(Br)cnc3[nH]c(-c4cc(C)n(-c5ccccc5Cl)c4C)nc23)C1. The number of rotatable bonds is 6. The Morgan fingerprint density at radius 3 is 2.80 bits per heavy atom. The summed E-state index contributed by atoms with van der Waals surface area (Å²) < 4.78 is 29.0. The van der Waals surface area contributed by atoms with Gasteiger partial charge in [0.05, 0.1) is 26.6 Å². The van der Waals surface area contributed by atoms with E-state index in [1.165, 1.54) is 0 Å². The summed E-state index contributed by atoms with van der Waals surface area (Å²) >= 11 is 10.1. The van der Waals surface area contributed by atoms with Crippen LogP contribution in [0, 0.1) is 13.8 Å². The number of anilines is 1. The lowest BCUT2D eigenvalue weighted by Crippen LogP contribution is -2.32.